The number of nitrogens with two attached hydrogens (primary N) is 1. The number of alkyl halides is 3. The second kappa shape index (κ2) is 4.85. The standard InChI is InChI=1S/C12H10F3N3O/c13-12(14,15)9-4-10(7-2-1-3-17-6-7)18-11(19)8(9)5-16/h1-4,6H,5,16H2,(H,18,19). The third-order valence-corrected chi connectivity index (χ3v) is 2.62. The van der Waals surface area contributed by atoms with Gasteiger partial charge >= 0.3 is 6.18 Å². The molecule has 2 aromatic rings. The topological polar surface area (TPSA) is 71.8 Å². The fourth-order valence-electron chi connectivity index (χ4n) is 1.72. The van der Waals surface area contributed by atoms with Crippen molar-refractivity contribution in [3.05, 3.63) is 52.1 Å². The largest absolute Gasteiger partial charge is 0.416 e. The Morgan fingerprint density at radius 2 is 2.11 bits per heavy atom. The number of nitrogens with zero attached hydrogens (tertiary/aromatic N) is 1. The average molecular weight is 269 g/mol. The van der Waals surface area contributed by atoms with Crippen LogP contribution in [0.4, 0.5) is 13.2 Å². The van der Waals surface area contributed by atoms with Gasteiger partial charge < -0.3 is 10.7 Å². The number of hydrogen-bond donors (Lipinski definition) is 2. The molecular weight excluding hydrogens is 259 g/mol. The van der Waals surface area contributed by atoms with Gasteiger partial charge in [0.25, 0.3) is 5.56 Å². The van der Waals surface area contributed by atoms with E-state index in [-0.39, 0.29) is 5.69 Å². The van der Waals surface area contributed by atoms with E-state index < -0.39 is 29.4 Å². The van der Waals surface area contributed by atoms with Crippen LogP contribution in [0.3, 0.4) is 0 Å². The van der Waals surface area contributed by atoms with Crippen LogP contribution in [0.15, 0.2) is 35.4 Å². The van der Waals surface area contributed by atoms with Crippen LogP contribution in [0.5, 0.6) is 0 Å². The first-order valence-corrected chi connectivity index (χ1v) is 5.37. The summed E-state index contributed by atoms with van der Waals surface area (Å²) in [6, 6.07) is 4.00. The maximum absolute atomic E-state index is 12.9. The third kappa shape index (κ3) is 2.65. The number of aromatic nitrogens is 2. The summed E-state index contributed by atoms with van der Waals surface area (Å²) < 4.78 is 38.7. The van der Waals surface area contributed by atoms with E-state index in [0.29, 0.717) is 5.56 Å². The molecular formula is C12H10F3N3O. The fraction of sp³-hybridized carbons (Fsp3) is 0.167. The van der Waals surface area contributed by atoms with Crippen molar-refractivity contribution < 1.29 is 13.2 Å². The lowest BCUT2D eigenvalue weighted by atomic mass is 10.1. The van der Waals surface area contributed by atoms with Gasteiger partial charge in [0.1, 0.15) is 0 Å². The molecule has 0 fully saturated rings. The van der Waals surface area contributed by atoms with Crippen molar-refractivity contribution in [2.75, 3.05) is 0 Å². The van der Waals surface area contributed by atoms with Crippen molar-refractivity contribution in [1.82, 2.24) is 9.97 Å². The van der Waals surface area contributed by atoms with E-state index in [1.165, 1.54) is 12.4 Å². The predicted octanol–water partition coefficient (Wildman–Crippen LogP) is 1.91. The van der Waals surface area contributed by atoms with Crippen molar-refractivity contribution in [1.29, 1.82) is 0 Å². The molecule has 0 spiro atoms. The lowest BCUT2D eigenvalue weighted by Gasteiger charge is -2.12. The van der Waals surface area contributed by atoms with E-state index in [2.05, 4.69) is 9.97 Å². The number of nitrogens with one attached hydrogen (secondary N) is 1. The van der Waals surface area contributed by atoms with E-state index in [1.807, 2.05) is 0 Å². The van der Waals surface area contributed by atoms with E-state index in [4.69, 9.17) is 5.73 Å². The molecule has 2 aromatic heterocycles. The van der Waals surface area contributed by atoms with Crippen LogP contribution in [0.2, 0.25) is 0 Å². The first-order valence-electron chi connectivity index (χ1n) is 5.37. The van der Waals surface area contributed by atoms with Gasteiger partial charge in [-0.1, -0.05) is 0 Å². The molecule has 100 valence electrons. The van der Waals surface area contributed by atoms with Crippen LogP contribution in [0.1, 0.15) is 11.1 Å². The summed E-state index contributed by atoms with van der Waals surface area (Å²) in [6.45, 7) is -0.475. The lowest BCUT2D eigenvalue weighted by molar-refractivity contribution is -0.138. The zero-order chi connectivity index (χ0) is 14.0. The van der Waals surface area contributed by atoms with Gasteiger partial charge in [-0.2, -0.15) is 13.2 Å². The highest BCUT2D eigenvalue weighted by molar-refractivity contribution is 5.59. The molecule has 0 aromatic carbocycles. The minimum Gasteiger partial charge on any atom is -0.326 e. The Hall–Kier alpha value is -2.15. The molecule has 0 radical (unpaired) electrons. The zero-order valence-electron chi connectivity index (χ0n) is 9.66. The summed E-state index contributed by atoms with van der Waals surface area (Å²) in [5, 5.41) is 0. The first kappa shape index (κ1) is 13.3. The molecule has 0 aliphatic carbocycles. The molecule has 0 amide bonds. The van der Waals surface area contributed by atoms with Gasteiger partial charge in [-0.15, -0.1) is 0 Å². The van der Waals surface area contributed by atoms with Crippen molar-refractivity contribution in [2.45, 2.75) is 12.7 Å². The highest BCUT2D eigenvalue weighted by Crippen LogP contribution is 2.32. The Bertz CT molecular complexity index is 635. The molecule has 0 aliphatic heterocycles. The van der Waals surface area contributed by atoms with E-state index in [0.717, 1.165) is 6.07 Å². The molecule has 0 bridgehead atoms. The molecule has 0 saturated carbocycles. The Labute approximate surface area is 106 Å². The Morgan fingerprint density at radius 1 is 1.37 bits per heavy atom. The SMILES string of the molecule is NCc1c(C(F)(F)F)cc(-c2cccnc2)[nH]c1=O. The van der Waals surface area contributed by atoms with Crippen molar-refractivity contribution in [3.63, 3.8) is 0 Å². The minimum atomic E-state index is -4.63. The van der Waals surface area contributed by atoms with Crippen LogP contribution in [0, 0.1) is 0 Å². The van der Waals surface area contributed by atoms with E-state index >= 15 is 0 Å². The molecule has 4 nitrogen and oxygen atoms in total. The summed E-state index contributed by atoms with van der Waals surface area (Å²) in [7, 11) is 0. The average Bonchev–Trinajstić information content (AvgIpc) is 2.37. The smallest absolute Gasteiger partial charge is 0.326 e. The predicted molar refractivity (Wildman–Crippen MR) is 63.2 cm³/mol. The number of aromatic amines is 1. The summed E-state index contributed by atoms with van der Waals surface area (Å²) in [4.78, 5) is 17.8. The van der Waals surface area contributed by atoms with Gasteiger partial charge in [-0.05, 0) is 18.2 Å². The summed E-state index contributed by atoms with van der Waals surface area (Å²) >= 11 is 0. The van der Waals surface area contributed by atoms with Gasteiger partial charge in [0.15, 0.2) is 0 Å². The summed E-state index contributed by atoms with van der Waals surface area (Å²) in [5.41, 5.74) is 3.33. The first-order chi connectivity index (χ1) is 8.93. The van der Waals surface area contributed by atoms with Crippen LogP contribution in [-0.2, 0) is 12.7 Å². The molecule has 3 N–H and O–H groups in total. The Kier molecular flexibility index (Phi) is 3.39. The maximum Gasteiger partial charge on any atom is 0.416 e. The van der Waals surface area contributed by atoms with Gasteiger partial charge in [0.2, 0.25) is 0 Å². The van der Waals surface area contributed by atoms with Crippen LogP contribution < -0.4 is 11.3 Å². The van der Waals surface area contributed by atoms with E-state index in [9.17, 15) is 18.0 Å². The number of H-pyrrole nitrogens is 1. The molecule has 19 heavy (non-hydrogen) atoms. The van der Waals surface area contributed by atoms with Crippen LogP contribution in [-0.4, -0.2) is 9.97 Å². The third-order valence-electron chi connectivity index (χ3n) is 2.62. The molecule has 0 unspecified atom stereocenters. The number of halogens is 3. The fourth-order valence-corrected chi connectivity index (χ4v) is 1.72. The maximum atomic E-state index is 12.9. The van der Waals surface area contributed by atoms with Crippen LogP contribution in [0.25, 0.3) is 11.3 Å². The van der Waals surface area contributed by atoms with Crippen LogP contribution >= 0.6 is 0 Å². The highest BCUT2D eigenvalue weighted by Gasteiger charge is 2.34. The van der Waals surface area contributed by atoms with Gasteiger partial charge in [0.05, 0.1) is 11.3 Å². The Balaban J connectivity index is 2.68. The normalized spacial score (nSPS) is 11.6. The monoisotopic (exact) mass is 269 g/mol. The second-order valence-corrected chi connectivity index (χ2v) is 3.85. The number of rotatable bonds is 2. The number of hydrogen-bond acceptors (Lipinski definition) is 3. The second-order valence-electron chi connectivity index (χ2n) is 3.85. The molecule has 7 heteroatoms. The Morgan fingerprint density at radius 3 is 2.63 bits per heavy atom. The molecule has 0 aliphatic rings. The molecule has 2 rings (SSSR count). The van der Waals surface area contributed by atoms with Crippen molar-refractivity contribution in [3.8, 4) is 11.3 Å². The van der Waals surface area contributed by atoms with Gasteiger partial charge in [0, 0.05) is 30.1 Å². The lowest BCUT2D eigenvalue weighted by Crippen LogP contribution is -2.23. The number of pyridine rings is 2. The summed E-state index contributed by atoms with van der Waals surface area (Å²) in [5.74, 6) is 0. The van der Waals surface area contributed by atoms with Crippen molar-refractivity contribution >= 4 is 0 Å². The van der Waals surface area contributed by atoms with Gasteiger partial charge in [-0.25, -0.2) is 0 Å². The van der Waals surface area contributed by atoms with Gasteiger partial charge in [-0.3, -0.25) is 9.78 Å². The minimum absolute atomic E-state index is 0.0580. The highest BCUT2D eigenvalue weighted by atomic mass is 19.4. The van der Waals surface area contributed by atoms with E-state index in [1.54, 1.807) is 12.1 Å². The molecule has 0 atom stereocenters. The molecule has 0 saturated heterocycles. The zero-order valence-corrected chi connectivity index (χ0v) is 9.66. The molecule has 2 heterocycles. The quantitative estimate of drug-likeness (QED) is 0.874. The summed E-state index contributed by atoms with van der Waals surface area (Å²) in [6.07, 6.45) is -1.77. The van der Waals surface area contributed by atoms with Crippen molar-refractivity contribution in [2.24, 2.45) is 5.73 Å².